The molecule has 5 nitrogen and oxygen atoms in total. The van der Waals surface area contributed by atoms with Gasteiger partial charge in [-0.2, -0.15) is 0 Å². The van der Waals surface area contributed by atoms with Crippen molar-refractivity contribution in [2.45, 2.75) is 51.9 Å². The highest BCUT2D eigenvalue weighted by atomic mass is 16.5. The van der Waals surface area contributed by atoms with Crippen LogP contribution in [0.15, 0.2) is 18.2 Å². The summed E-state index contributed by atoms with van der Waals surface area (Å²) < 4.78 is 4.94. The number of nitrogens with one attached hydrogen (secondary N) is 1. The highest BCUT2D eigenvalue weighted by Crippen LogP contribution is 2.26. The summed E-state index contributed by atoms with van der Waals surface area (Å²) in [6.07, 6.45) is 6.91. The van der Waals surface area contributed by atoms with E-state index in [0.717, 1.165) is 19.3 Å². The zero-order valence-corrected chi connectivity index (χ0v) is 13.4. The number of aromatic hydroxyl groups is 1. The standard InChI is InChI=1S/C17H25NO4/c1-3-4-5-6-7-8-9-16(20)18-17(21)13-10-11-14(19)15(12-13)22-2/h10-12,19H,3-9H2,1-2H3,(H,18,20,21). The Balaban J connectivity index is 2.36. The Bertz CT molecular complexity index is 499. The Morgan fingerprint density at radius 1 is 1.14 bits per heavy atom. The van der Waals surface area contributed by atoms with Crippen LogP contribution in [0.2, 0.25) is 0 Å². The molecule has 1 rings (SSSR count). The Kier molecular flexibility index (Phi) is 8.04. The van der Waals surface area contributed by atoms with Gasteiger partial charge in [0.05, 0.1) is 7.11 Å². The molecule has 0 atom stereocenters. The average molecular weight is 307 g/mol. The second kappa shape index (κ2) is 9.82. The van der Waals surface area contributed by atoms with Gasteiger partial charge in [-0.3, -0.25) is 14.9 Å². The van der Waals surface area contributed by atoms with Crippen molar-refractivity contribution in [3.05, 3.63) is 23.8 Å². The zero-order valence-electron chi connectivity index (χ0n) is 13.4. The molecule has 0 saturated carbocycles. The molecular formula is C17H25NO4. The van der Waals surface area contributed by atoms with Crippen LogP contribution in [0.4, 0.5) is 0 Å². The van der Waals surface area contributed by atoms with Gasteiger partial charge in [-0.1, -0.05) is 39.0 Å². The third-order valence-corrected chi connectivity index (χ3v) is 3.45. The van der Waals surface area contributed by atoms with Gasteiger partial charge in [0.25, 0.3) is 5.91 Å². The van der Waals surface area contributed by atoms with E-state index in [4.69, 9.17) is 4.74 Å². The van der Waals surface area contributed by atoms with Crippen LogP contribution in [0.25, 0.3) is 0 Å². The van der Waals surface area contributed by atoms with E-state index in [-0.39, 0.29) is 23.0 Å². The Morgan fingerprint density at radius 2 is 1.82 bits per heavy atom. The van der Waals surface area contributed by atoms with Crippen LogP contribution in [0.5, 0.6) is 11.5 Å². The first-order valence-corrected chi connectivity index (χ1v) is 7.79. The van der Waals surface area contributed by atoms with Crippen LogP contribution in [0.1, 0.15) is 62.2 Å². The number of hydrogen-bond acceptors (Lipinski definition) is 4. The lowest BCUT2D eigenvalue weighted by atomic mass is 10.1. The molecule has 2 amide bonds. The largest absolute Gasteiger partial charge is 0.504 e. The molecule has 5 heteroatoms. The molecule has 0 aliphatic rings. The summed E-state index contributed by atoms with van der Waals surface area (Å²) in [5.74, 6) is -0.588. The van der Waals surface area contributed by atoms with Crippen LogP contribution < -0.4 is 10.1 Å². The summed E-state index contributed by atoms with van der Waals surface area (Å²) in [4.78, 5) is 23.7. The van der Waals surface area contributed by atoms with E-state index in [1.54, 1.807) is 0 Å². The third kappa shape index (κ3) is 6.16. The Labute approximate surface area is 131 Å². The number of ether oxygens (including phenoxy) is 1. The number of phenols is 1. The van der Waals surface area contributed by atoms with E-state index in [9.17, 15) is 14.7 Å². The molecule has 0 aliphatic heterocycles. The average Bonchev–Trinajstić information content (AvgIpc) is 2.51. The number of methoxy groups -OCH3 is 1. The molecule has 0 heterocycles. The molecule has 0 radical (unpaired) electrons. The molecule has 0 spiro atoms. The predicted octanol–water partition coefficient (Wildman–Crippen LogP) is 3.41. The first-order chi connectivity index (χ1) is 10.6. The van der Waals surface area contributed by atoms with Crippen molar-refractivity contribution in [3.63, 3.8) is 0 Å². The summed E-state index contributed by atoms with van der Waals surface area (Å²) in [6, 6.07) is 4.22. The number of carbonyl (C=O) groups excluding carboxylic acids is 2. The van der Waals surface area contributed by atoms with Crippen LogP contribution in [0, 0.1) is 0 Å². The molecule has 0 aromatic heterocycles. The highest BCUT2D eigenvalue weighted by Gasteiger charge is 2.12. The van der Waals surface area contributed by atoms with Crippen molar-refractivity contribution < 1.29 is 19.4 Å². The summed E-state index contributed by atoms with van der Waals surface area (Å²) in [5.41, 5.74) is 0.283. The van der Waals surface area contributed by atoms with Crippen LogP contribution in [0.3, 0.4) is 0 Å². The molecule has 2 N–H and O–H groups in total. The van der Waals surface area contributed by atoms with Gasteiger partial charge >= 0.3 is 0 Å². The molecule has 0 unspecified atom stereocenters. The van der Waals surface area contributed by atoms with E-state index in [2.05, 4.69) is 12.2 Å². The maximum absolute atomic E-state index is 11.9. The first-order valence-electron chi connectivity index (χ1n) is 7.79. The summed E-state index contributed by atoms with van der Waals surface area (Å²) in [7, 11) is 1.40. The lowest BCUT2D eigenvalue weighted by Crippen LogP contribution is -2.30. The number of unbranched alkanes of at least 4 members (excludes halogenated alkanes) is 5. The Morgan fingerprint density at radius 3 is 2.50 bits per heavy atom. The minimum Gasteiger partial charge on any atom is -0.504 e. The molecule has 122 valence electrons. The predicted molar refractivity (Wildman–Crippen MR) is 85.1 cm³/mol. The number of imide groups is 1. The number of amides is 2. The maximum Gasteiger partial charge on any atom is 0.257 e. The van der Waals surface area contributed by atoms with Crippen molar-refractivity contribution in [2.75, 3.05) is 7.11 Å². The van der Waals surface area contributed by atoms with E-state index < -0.39 is 5.91 Å². The van der Waals surface area contributed by atoms with E-state index >= 15 is 0 Å². The van der Waals surface area contributed by atoms with Gasteiger partial charge in [-0.05, 0) is 24.6 Å². The zero-order chi connectivity index (χ0) is 16.4. The van der Waals surface area contributed by atoms with Gasteiger partial charge in [0.1, 0.15) is 0 Å². The van der Waals surface area contributed by atoms with E-state index in [1.165, 1.54) is 44.6 Å². The number of benzene rings is 1. The SMILES string of the molecule is CCCCCCCCC(=O)NC(=O)c1ccc(O)c(OC)c1. The second-order valence-corrected chi connectivity index (χ2v) is 5.28. The van der Waals surface area contributed by atoms with Crippen molar-refractivity contribution in [1.29, 1.82) is 0 Å². The lowest BCUT2D eigenvalue weighted by Gasteiger charge is -2.07. The molecule has 0 saturated heterocycles. The topological polar surface area (TPSA) is 75.6 Å². The fourth-order valence-electron chi connectivity index (χ4n) is 2.15. The van der Waals surface area contributed by atoms with Gasteiger partial charge in [0, 0.05) is 12.0 Å². The quantitative estimate of drug-likeness (QED) is 0.686. The van der Waals surface area contributed by atoms with Crippen molar-refractivity contribution in [3.8, 4) is 11.5 Å². The molecule has 1 aromatic rings. The maximum atomic E-state index is 11.9. The molecule has 0 fully saturated rings. The smallest absolute Gasteiger partial charge is 0.257 e. The fraction of sp³-hybridized carbons (Fsp3) is 0.529. The van der Waals surface area contributed by atoms with Crippen molar-refractivity contribution in [2.24, 2.45) is 0 Å². The highest BCUT2D eigenvalue weighted by molar-refractivity contribution is 6.04. The van der Waals surface area contributed by atoms with E-state index in [0.29, 0.717) is 6.42 Å². The molecule has 0 bridgehead atoms. The normalized spacial score (nSPS) is 10.3. The van der Waals surface area contributed by atoms with Crippen LogP contribution >= 0.6 is 0 Å². The minimum absolute atomic E-state index is 0.0440. The molecular weight excluding hydrogens is 282 g/mol. The second-order valence-electron chi connectivity index (χ2n) is 5.28. The van der Waals surface area contributed by atoms with E-state index in [1.807, 2.05) is 0 Å². The van der Waals surface area contributed by atoms with Gasteiger partial charge in [0.2, 0.25) is 5.91 Å². The van der Waals surface area contributed by atoms with Crippen LogP contribution in [-0.4, -0.2) is 24.0 Å². The Hall–Kier alpha value is -2.04. The number of hydrogen-bond donors (Lipinski definition) is 2. The van der Waals surface area contributed by atoms with Crippen LogP contribution in [-0.2, 0) is 4.79 Å². The molecule has 0 aliphatic carbocycles. The first kappa shape index (κ1) is 18.0. The molecule has 22 heavy (non-hydrogen) atoms. The number of phenolic OH excluding ortho intramolecular Hbond substituents is 1. The third-order valence-electron chi connectivity index (χ3n) is 3.45. The van der Waals surface area contributed by atoms with Gasteiger partial charge in [-0.25, -0.2) is 0 Å². The lowest BCUT2D eigenvalue weighted by molar-refractivity contribution is -0.120. The van der Waals surface area contributed by atoms with Crippen molar-refractivity contribution in [1.82, 2.24) is 5.32 Å². The monoisotopic (exact) mass is 307 g/mol. The molecule has 1 aromatic carbocycles. The van der Waals surface area contributed by atoms with Crippen molar-refractivity contribution >= 4 is 11.8 Å². The minimum atomic E-state index is -0.478. The van der Waals surface area contributed by atoms with Gasteiger partial charge in [0.15, 0.2) is 11.5 Å². The van der Waals surface area contributed by atoms with Gasteiger partial charge in [-0.15, -0.1) is 0 Å². The number of carbonyl (C=O) groups is 2. The summed E-state index contributed by atoms with van der Waals surface area (Å²) in [6.45, 7) is 2.16. The summed E-state index contributed by atoms with van der Waals surface area (Å²) in [5, 5.41) is 11.8. The summed E-state index contributed by atoms with van der Waals surface area (Å²) >= 11 is 0. The number of rotatable bonds is 9. The fourth-order valence-corrected chi connectivity index (χ4v) is 2.15. The van der Waals surface area contributed by atoms with Gasteiger partial charge < -0.3 is 9.84 Å².